The van der Waals surface area contributed by atoms with Crippen molar-refractivity contribution in [1.82, 2.24) is 0 Å². The van der Waals surface area contributed by atoms with Crippen molar-refractivity contribution in [2.45, 2.75) is 110 Å². The van der Waals surface area contributed by atoms with Gasteiger partial charge in [0.15, 0.2) is 0 Å². The smallest absolute Gasteiger partial charge is 0.311 e. The number of aliphatic imine (C=N–C) groups is 1. The Labute approximate surface area is 222 Å². The van der Waals surface area contributed by atoms with Crippen LogP contribution in [0.2, 0.25) is 0 Å². The Kier molecular flexibility index (Phi) is 15.6. The molecule has 6 nitrogen and oxygen atoms in total. The quantitative estimate of drug-likeness (QED) is 0.0445. The predicted octanol–water partition coefficient (Wildman–Crippen LogP) is 9.51. The summed E-state index contributed by atoms with van der Waals surface area (Å²) in [6.07, 6.45) is 21.7. The van der Waals surface area contributed by atoms with E-state index in [0.29, 0.717) is 17.9 Å². The van der Waals surface area contributed by atoms with Crippen molar-refractivity contribution < 1.29 is 14.5 Å². The molecule has 0 aliphatic heterocycles. The van der Waals surface area contributed by atoms with Crippen LogP contribution in [0, 0.1) is 10.1 Å². The van der Waals surface area contributed by atoms with E-state index in [1.165, 1.54) is 95.6 Å². The first-order chi connectivity index (χ1) is 18.1. The van der Waals surface area contributed by atoms with Crippen LogP contribution in [0.4, 0.5) is 11.4 Å². The molecule has 2 rings (SSSR count). The maximum absolute atomic E-state index is 12.1. The van der Waals surface area contributed by atoms with Gasteiger partial charge in [0.05, 0.1) is 10.6 Å². The summed E-state index contributed by atoms with van der Waals surface area (Å²) in [7, 11) is 0. The molecule has 0 bridgehead atoms. The van der Waals surface area contributed by atoms with Gasteiger partial charge in [0.25, 0.3) is 5.69 Å². The highest BCUT2D eigenvalue weighted by Crippen LogP contribution is 2.19. The zero-order valence-electron chi connectivity index (χ0n) is 22.5. The molecule has 6 heteroatoms. The van der Waals surface area contributed by atoms with E-state index in [-0.39, 0.29) is 11.7 Å². The van der Waals surface area contributed by atoms with E-state index in [1.54, 1.807) is 30.5 Å². The summed E-state index contributed by atoms with van der Waals surface area (Å²) in [6.45, 7) is 2.27. The van der Waals surface area contributed by atoms with Crippen LogP contribution in [0.1, 0.15) is 115 Å². The molecular weight excluding hydrogens is 464 g/mol. The average Bonchev–Trinajstić information content (AvgIpc) is 2.90. The second-order valence-electron chi connectivity index (χ2n) is 9.77. The summed E-state index contributed by atoms with van der Waals surface area (Å²) in [6, 6.07) is 13.2. The zero-order chi connectivity index (χ0) is 26.6. The fourth-order valence-corrected chi connectivity index (χ4v) is 4.25. The minimum Gasteiger partial charge on any atom is -0.427 e. The highest BCUT2D eigenvalue weighted by Gasteiger charge is 2.05. The van der Waals surface area contributed by atoms with Gasteiger partial charge in [-0.15, -0.1) is 0 Å². The summed E-state index contributed by atoms with van der Waals surface area (Å²) in [5, 5.41) is 10.7. The van der Waals surface area contributed by atoms with Crippen molar-refractivity contribution in [2.24, 2.45) is 4.99 Å². The van der Waals surface area contributed by atoms with Crippen molar-refractivity contribution in [1.29, 1.82) is 0 Å². The third-order valence-electron chi connectivity index (χ3n) is 6.52. The Morgan fingerprint density at radius 1 is 0.757 bits per heavy atom. The summed E-state index contributed by atoms with van der Waals surface area (Å²) < 4.78 is 5.44. The predicted molar refractivity (Wildman–Crippen MR) is 152 cm³/mol. The monoisotopic (exact) mass is 508 g/mol. The molecule has 0 aromatic heterocycles. The number of rotatable bonds is 20. The third kappa shape index (κ3) is 14.3. The summed E-state index contributed by atoms with van der Waals surface area (Å²) in [5.74, 6) is 0.334. The number of nitrogens with zero attached hydrogens (tertiary/aromatic N) is 2. The fourth-order valence-electron chi connectivity index (χ4n) is 4.25. The SMILES string of the molecule is CCCCCCCCCCCCCCCCCC(=O)Oc1ccc(C=Nc2ccc([N+](=O)[O-])cc2)cc1. The van der Waals surface area contributed by atoms with Crippen molar-refractivity contribution >= 4 is 23.6 Å². The van der Waals surface area contributed by atoms with E-state index >= 15 is 0 Å². The number of esters is 1. The van der Waals surface area contributed by atoms with E-state index in [4.69, 9.17) is 4.74 Å². The van der Waals surface area contributed by atoms with Crippen LogP contribution in [0.5, 0.6) is 5.75 Å². The van der Waals surface area contributed by atoms with Gasteiger partial charge in [-0.1, -0.05) is 96.8 Å². The molecule has 0 atom stereocenters. The van der Waals surface area contributed by atoms with Crippen LogP contribution < -0.4 is 4.74 Å². The van der Waals surface area contributed by atoms with Crippen LogP contribution in [0.25, 0.3) is 0 Å². The standard InChI is InChI=1S/C31H44N2O4/c1-2-3-4-5-6-7-8-9-10-11-12-13-14-15-16-17-31(34)37-30-24-18-27(19-25-30)26-32-28-20-22-29(23-21-28)33(35)36/h18-26H,2-17H2,1H3. The molecular formula is C31H44N2O4. The van der Waals surface area contributed by atoms with Gasteiger partial charge in [-0.2, -0.15) is 0 Å². The molecule has 0 amide bonds. The molecule has 2 aromatic carbocycles. The summed E-state index contributed by atoms with van der Waals surface area (Å²) >= 11 is 0. The molecule has 0 aliphatic rings. The molecule has 202 valence electrons. The van der Waals surface area contributed by atoms with Crippen molar-refractivity contribution in [3.8, 4) is 5.75 Å². The Balaban J connectivity index is 1.48. The van der Waals surface area contributed by atoms with Crippen molar-refractivity contribution in [3.63, 3.8) is 0 Å². The van der Waals surface area contributed by atoms with E-state index in [2.05, 4.69) is 11.9 Å². The summed E-state index contributed by atoms with van der Waals surface area (Å²) in [5.41, 5.74) is 1.51. The minimum atomic E-state index is -0.437. The Hall–Kier alpha value is -3.02. The van der Waals surface area contributed by atoms with E-state index in [0.717, 1.165) is 18.4 Å². The number of non-ortho nitro benzene ring substituents is 1. The zero-order valence-corrected chi connectivity index (χ0v) is 22.5. The number of benzene rings is 2. The average molecular weight is 509 g/mol. The first kappa shape index (κ1) is 30.2. The van der Waals surface area contributed by atoms with Crippen LogP contribution in [-0.2, 0) is 4.79 Å². The number of nitro groups is 1. The Morgan fingerprint density at radius 3 is 1.73 bits per heavy atom. The molecule has 0 saturated heterocycles. The number of hydrogen-bond donors (Lipinski definition) is 0. The van der Waals surface area contributed by atoms with Gasteiger partial charge in [0.2, 0.25) is 0 Å². The highest BCUT2D eigenvalue weighted by molar-refractivity contribution is 5.82. The molecule has 0 N–H and O–H groups in total. The normalized spacial score (nSPS) is 11.2. The molecule has 0 heterocycles. The second-order valence-corrected chi connectivity index (χ2v) is 9.77. The Morgan fingerprint density at radius 2 is 1.24 bits per heavy atom. The molecule has 37 heavy (non-hydrogen) atoms. The van der Waals surface area contributed by atoms with Gasteiger partial charge in [0, 0.05) is 24.8 Å². The molecule has 2 aromatic rings. The Bertz CT molecular complexity index is 923. The topological polar surface area (TPSA) is 81.8 Å². The minimum absolute atomic E-state index is 0.0365. The van der Waals surface area contributed by atoms with E-state index in [1.807, 2.05) is 12.1 Å². The van der Waals surface area contributed by atoms with Crippen LogP contribution >= 0.6 is 0 Å². The maximum Gasteiger partial charge on any atom is 0.311 e. The molecule has 0 unspecified atom stereocenters. The first-order valence-electron chi connectivity index (χ1n) is 14.2. The number of ether oxygens (including phenoxy) is 1. The van der Waals surface area contributed by atoms with Crippen LogP contribution in [0.3, 0.4) is 0 Å². The third-order valence-corrected chi connectivity index (χ3v) is 6.52. The van der Waals surface area contributed by atoms with E-state index in [9.17, 15) is 14.9 Å². The number of unbranched alkanes of at least 4 members (excludes halogenated alkanes) is 14. The number of carbonyl (C=O) groups is 1. The van der Waals surface area contributed by atoms with Crippen LogP contribution in [-0.4, -0.2) is 17.1 Å². The first-order valence-corrected chi connectivity index (χ1v) is 14.2. The lowest BCUT2D eigenvalue weighted by Crippen LogP contribution is -2.07. The van der Waals surface area contributed by atoms with Gasteiger partial charge < -0.3 is 4.74 Å². The van der Waals surface area contributed by atoms with Crippen LogP contribution in [0.15, 0.2) is 53.5 Å². The van der Waals surface area contributed by atoms with Gasteiger partial charge in [-0.3, -0.25) is 19.9 Å². The largest absolute Gasteiger partial charge is 0.427 e. The molecule has 0 aliphatic carbocycles. The lowest BCUT2D eigenvalue weighted by atomic mass is 10.0. The molecule has 0 fully saturated rings. The maximum atomic E-state index is 12.1. The number of carbonyl (C=O) groups excluding carboxylic acids is 1. The van der Waals surface area contributed by atoms with Gasteiger partial charge in [-0.05, 0) is 48.4 Å². The van der Waals surface area contributed by atoms with Gasteiger partial charge in [0.1, 0.15) is 5.75 Å². The van der Waals surface area contributed by atoms with E-state index < -0.39 is 4.92 Å². The highest BCUT2D eigenvalue weighted by atomic mass is 16.6. The summed E-state index contributed by atoms with van der Waals surface area (Å²) in [4.78, 5) is 26.7. The second kappa shape index (κ2) is 19.1. The van der Waals surface area contributed by atoms with Crippen molar-refractivity contribution in [3.05, 3.63) is 64.2 Å². The molecule has 0 radical (unpaired) electrons. The van der Waals surface area contributed by atoms with Gasteiger partial charge in [-0.25, -0.2) is 0 Å². The molecule has 0 saturated carbocycles. The van der Waals surface area contributed by atoms with Gasteiger partial charge >= 0.3 is 5.97 Å². The fraction of sp³-hybridized carbons (Fsp3) is 0.548. The number of nitro benzene ring substituents is 1. The van der Waals surface area contributed by atoms with Crippen molar-refractivity contribution in [2.75, 3.05) is 0 Å². The molecule has 0 spiro atoms. The lowest BCUT2D eigenvalue weighted by molar-refractivity contribution is -0.384. The number of hydrogen-bond acceptors (Lipinski definition) is 5. The lowest BCUT2D eigenvalue weighted by Gasteiger charge is -2.05.